The summed E-state index contributed by atoms with van der Waals surface area (Å²) >= 11 is 0. The Morgan fingerprint density at radius 2 is 0.600 bits per heavy atom. The summed E-state index contributed by atoms with van der Waals surface area (Å²) in [6.07, 6.45) is 0. The van der Waals surface area contributed by atoms with Crippen LogP contribution < -0.4 is 0 Å². The minimum atomic E-state index is 0. The molecule has 0 N–H and O–H groups in total. The van der Waals surface area contributed by atoms with Gasteiger partial charge in [-0.05, 0) is 0 Å². The molecule has 0 aliphatic carbocycles. The van der Waals surface area contributed by atoms with Crippen molar-refractivity contribution in [3.05, 3.63) is 0 Å². The summed E-state index contributed by atoms with van der Waals surface area (Å²) in [5.41, 5.74) is 0. The second kappa shape index (κ2) is 86.3. The molecule has 0 spiro atoms. The normalized spacial score (nSPS) is 0. The fraction of sp³-hybridized carbons (Fsp3) is 0. The van der Waals surface area contributed by atoms with Crippen molar-refractivity contribution in [1.82, 2.24) is 0 Å². The Morgan fingerprint density at radius 3 is 0.600 bits per heavy atom. The van der Waals surface area contributed by atoms with E-state index in [1.165, 1.54) is 0 Å². The minimum Gasteiger partial charge on any atom is -2.00 e. The van der Waals surface area contributed by atoms with Crippen LogP contribution in [0.25, 0.3) is 0 Å². The Hall–Kier alpha value is 0.944. The molecule has 0 aliphatic rings. The summed E-state index contributed by atoms with van der Waals surface area (Å²) in [6.45, 7) is 0. The zero-order chi connectivity index (χ0) is 0. The molecule has 3 nitrogen and oxygen atoms in total. The summed E-state index contributed by atoms with van der Waals surface area (Å²) in [7, 11) is 0. The predicted octanol–water partition coefficient (Wildman–Crippen LogP) is -0.361. The van der Waals surface area contributed by atoms with Gasteiger partial charge in [0.05, 0.1) is 0 Å². The van der Waals surface area contributed by atoms with Crippen LogP contribution in [0.15, 0.2) is 0 Å². The first kappa shape index (κ1) is 163. The van der Waals surface area contributed by atoms with Gasteiger partial charge in [-0.25, -0.2) is 0 Å². The molecular weight excluding hydrogens is 128 g/mol. The van der Waals surface area contributed by atoms with Crippen LogP contribution in [0.4, 0.5) is 0 Å². The van der Waals surface area contributed by atoms with Gasteiger partial charge in [-0.3, -0.25) is 0 Å². The second-order valence-corrected chi connectivity index (χ2v) is 0. The summed E-state index contributed by atoms with van der Waals surface area (Å²) in [6, 6.07) is 0. The van der Waals surface area contributed by atoms with E-state index < -0.39 is 0 Å². The van der Waals surface area contributed by atoms with Crippen LogP contribution in [0.1, 0.15) is 0 Å². The maximum absolute atomic E-state index is 0. The standard InChI is InChI=1S/3O.S.Ti/q3*-2;+2;+4. The van der Waals surface area contributed by atoms with E-state index in [1.807, 2.05) is 0 Å². The average Bonchev–Trinajstić information content (AvgIpc) is 0. The van der Waals surface area contributed by atoms with Gasteiger partial charge in [-0.1, -0.05) is 0 Å². The van der Waals surface area contributed by atoms with Crippen molar-refractivity contribution in [2.24, 2.45) is 0 Å². The molecule has 0 rings (SSSR count). The van der Waals surface area contributed by atoms with Crippen LogP contribution in [-0.4, -0.2) is 0 Å². The van der Waals surface area contributed by atoms with Crippen molar-refractivity contribution in [2.75, 3.05) is 0 Å². The van der Waals surface area contributed by atoms with Crippen LogP contribution in [-0.2, 0) is 51.6 Å². The summed E-state index contributed by atoms with van der Waals surface area (Å²) in [5, 5.41) is 0. The molecule has 0 aromatic carbocycles. The smallest absolute Gasteiger partial charge is 2.00 e. The van der Waals surface area contributed by atoms with Gasteiger partial charge < -0.3 is 16.4 Å². The molecule has 0 aromatic rings. The number of hydrogen-bond donors (Lipinski definition) is 0. The fourth-order valence-electron chi connectivity index (χ4n) is 0. The van der Waals surface area contributed by atoms with Gasteiger partial charge in [0.1, 0.15) is 0 Å². The Kier molecular flexibility index (Phi) is 2810. The van der Waals surface area contributed by atoms with Gasteiger partial charge in [0.25, 0.3) is 0 Å². The molecule has 4 radical (unpaired) electrons. The zero-order valence-corrected chi connectivity index (χ0v) is 4.51. The molecule has 5 heteroatoms. The van der Waals surface area contributed by atoms with Gasteiger partial charge in [-0.2, -0.15) is 0 Å². The Balaban J connectivity index is 0. The molecular formula is O3STi. The first-order valence-corrected chi connectivity index (χ1v) is 0. The van der Waals surface area contributed by atoms with Crippen LogP contribution in [0.5, 0.6) is 0 Å². The van der Waals surface area contributed by atoms with Crippen molar-refractivity contribution < 1.29 is 38.1 Å². The van der Waals surface area contributed by atoms with E-state index in [0.29, 0.717) is 0 Å². The molecule has 0 amide bonds. The molecule has 0 fully saturated rings. The molecule has 0 heterocycles. The Labute approximate surface area is 52.0 Å². The Bertz CT molecular complexity index is 6.85. The van der Waals surface area contributed by atoms with Crippen LogP contribution >= 0.6 is 0 Å². The molecule has 0 aromatic heterocycles. The number of hydrogen-bond acceptors (Lipinski definition) is 0. The van der Waals surface area contributed by atoms with Gasteiger partial charge in [-0.15, -0.1) is 0 Å². The molecule has 0 saturated heterocycles. The quantitative estimate of drug-likeness (QED) is 0.399. The molecule has 0 bridgehead atoms. The van der Waals surface area contributed by atoms with Crippen molar-refractivity contribution >= 4 is 13.5 Å². The average molecular weight is 128 g/mol. The second-order valence-electron chi connectivity index (χ2n) is 0. The van der Waals surface area contributed by atoms with E-state index >= 15 is 0 Å². The predicted molar refractivity (Wildman–Crippen MR) is 9.42 cm³/mol. The van der Waals surface area contributed by atoms with E-state index in [4.69, 9.17) is 0 Å². The first-order chi connectivity index (χ1) is 0. The number of rotatable bonds is 0. The fourth-order valence-corrected chi connectivity index (χ4v) is 0. The molecule has 0 aliphatic heterocycles. The topological polar surface area (TPSA) is 85.5 Å². The molecule has 0 unspecified atom stereocenters. The van der Waals surface area contributed by atoms with Crippen molar-refractivity contribution in [3.8, 4) is 0 Å². The molecule has 5 heavy (non-hydrogen) atoms. The third-order valence-electron chi connectivity index (χ3n) is 0. The summed E-state index contributed by atoms with van der Waals surface area (Å²) < 4.78 is 0. The summed E-state index contributed by atoms with van der Waals surface area (Å²) in [5.74, 6) is 0. The first-order valence-electron chi connectivity index (χ1n) is 0. The van der Waals surface area contributed by atoms with Gasteiger partial charge in [0, 0.05) is 0 Å². The third-order valence-corrected chi connectivity index (χ3v) is 0. The monoisotopic (exact) mass is 128 g/mol. The van der Waals surface area contributed by atoms with E-state index in [9.17, 15) is 0 Å². The van der Waals surface area contributed by atoms with Crippen LogP contribution in [0.2, 0.25) is 0 Å². The van der Waals surface area contributed by atoms with Crippen molar-refractivity contribution in [1.29, 1.82) is 0 Å². The zero-order valence-electron chi connectivity index (χ0n) is 2.13. The third kappa shape index (κ3) is 48.1. The van der Waals surface area contributed by atoms with E-state index in [1.54, 1.807) is 0 Å². The van der Waals surface area contributed by atoms with Crippen molar-refractivity contribution in [2.45, 2.75) is 0 Å². The van der Waals surface area contributed by atoms with Crippen LogP contribution in [0, 0.1) is 0 Å². The van der Waals surface area contributed by atoms with Gasteiger partial charge in [0.2, 0.25) is 0 Å². The van der Waals surface area contributed by atoms with Gasteiger partial charge >= 0.3 is 35.2 Å². The van der Waals surface area contributed by atoms with E-state index in [2.05, 4.69) is 0 Å². The van der Waals surface area contributed by atoms with Crippen molar-refractivity contribution in [3.63, 3.8) is 0 Å². The Morgan fingerprint density at radius 1 is 0.600 bits per heavy atom. The summed E-state index contributed by atoms with van der Waals surface area (Å²) in [4.78, 5) is 0. The van der Waals surface area contributed by atoms with E-state index in [-0.39, 0.29) is 51.6 Å². The minimum absolute atomic E-state index is 0. The van der Waals surface area contributed by atoms with E-state index in [0.717, 1.165) is 0 Å². The molecule has 0 saturated carbocycles. The molecule has 28 valence electrons. The largest absolute Gasteiger partial charge is 4.00 e. The van der Waals surface area contributed by atoms with Gasteiger partial charge in [0.15, 0.2) is 0 Å². The van der Waals surface area contributed by atoms with Crippen LogP contribution in [0.3, 0.4) is 0 Å². The maximum Gasteiger partial charge on any atom is 4.00 e. The molecule has 0 atom stereocenters. The SMILES string of the molecule is [O-2].[O-2].[O-2].[S+2].[Ti+4]. The maximum atomic E-state index is 0.